The Labute approximate surface area is 119 Å². The Kier molecular flexibility index (Phi) is 7.26. The zero-order chi connectivity index (χ0) is 15.2. The molecule has 3 atom stereocenters. The van der Waals surface area contributed by atoms with Crippen molar-refractivity contribution in [2.75, 3.05) is 32.8 Å². The fourth-order valence-corrected chi connectivity index (χ4v) is 2.65. The number of hydrogen-bond acceptors (Lipinski definition) is 3. The van der Waals surface area contributed by atoms with Crippen molar-refractivity contribution in [3.63, 3.8) is 0 Å². The molecule has 1 saturated heterocycles. The number of nitrogens with zero attached hydrogens (tertiary/aromatic N) is 1. The molecule has 1 fully saturated rings. The molecule has 1 rings (SSSR count). The van der Waals surface area contributed by atoms with Crippen LogP contribution in [0.3, 0.4) is 0 Å². The molecule has 3 nitrogen and oxygen atoms in total. The maximum atomic E-state index is 12.0. The van der Waals surface area contributed by atoms with Gasteiger partial charge in [0.1, 0.15) is 6.61 Å². The van der Waals surface area contributed by atoms with Crippen molar-refractivity contribution in [2.45, 2.75) is 51.9 Å². The van der Waals surface area contributed by atoms with Gasteiger partial charge in [0.05, 0.1) is 0 Å². The van der Waals surface area contributed by atoms with Crippen LogP contribution in [0.15, 0.2) is 0 Å². The number of hydrogen-bond donors (Lipinski definition) is 1. The molecule has 120 valence electrons. The summed E-state index contributed by atoms with van der Waals surface area (Å²) < 4.78 is 40.5. The van der Waals surface area contributed by atoms with Gasteiger partial charge in [0, 0.05) is 38.3 Å². The first-order valence-electron chi connectivity index (χ1n) is 7.45. The van der Waals surface area contributed by atoms with Crippen LogP contribution in [0, 0.1) is 5.92 Å². The second-order valence-electron chi connectivity index (χ2n) is 5.78. The van der Waals surface area contributed by atoms with Crippen LogP contribution in [0.4, 0.5) is 13.2 Å². The summed E-state index contributed by atoms with van der Waals surface area (Å²) in [4.78, 5) is 2.40. The number of nitrogens with one attached hydrogen (secondary N) is 1. The summed E-state index contributed by atoms with van der Waals surface area (Å²) in [5.41, 5.74) is 0. The van der Waals surface area contributed by atoms with E-state index in [0.29, 0.717) is 24.4 Å². The molecule has 0 aliphatic carbocycles. The van der Waals surface area contributed by atoms with Crippen molar-refractivity contribution < 1.29 is 17.9 Å². The summed E-state index contributed by atoms with van der Waals surface area (Å²) in [5, 5.41) is 3.48. The molecule has 0 aromatic rings. The van der Waals surface area contributed by atoms with Gasteiger partial charge in [0.2, 0.25) is 0 Å². The monoisotopic (exact) mass is 296 g/mol. The first-order chi connectivity index (χ1) is 9.33. The highest BCUT2D eigenvalue weighted by atomic mass is 19.4. The van der Waals surface area contributed by atoms with Gasteiger partial charge in [-0.1, -0.05) is 20.3 Å². The van der Waals surface area contributed by atoms with E-state index in [1.807, 2.05) is 0 Å². The van der Waals surface area contributed by atoms with Crippen LogP contribution < -0.4 is 5.32 Å². The smallest absolute Gasteiger partial charge is 0.372 e. The molecule has 0 spiro atoms. The summed E-state index contributed by atoms with van der Waals surface area (Å²) in [5.74, 6) is 0.589. The van der Waals surface area contributed by atoms with E-state index in [0.717, 1.165) is 26.1 Å². The minimum Gasteiger partial charge on any atom is -0.372 e. The maximum Gasteiger partial charge on any atom is 0.411 e. The van der Waals surface area contributed by atoms with Crippen molar-refractivity contribution >= 4 is 0 Å². The molecule has 3 unspecified atom stereocenters. The SMILES string of the molecule is CCC(C)C1CNC(C)CN1CCCOCC(F)(F)F. The summed E-state index contributed by atoms with van der Waals surface area (Å²) in [6, 6.07) is 0.908. The Hall–Kier alpha value is -0.330. The molecule has 0 amide bonds. The van der Waals surface area contributed by atoms with Crippen LogP contribution in [-0.2, 0) is 4.74 Å². The number of alkyl halides is 3. The van der Waals surface area contributed by atoms with Crippen LogP contribution in [0.5, 0.6) is 0 Å². The molecule has 0 bridgehead atoms. The lowest BCUT2D eigenvalue weighted by atomic mass is 9.94. The molecule has 0 aromatic carbocycles. The molecule has 1 aliphatic heterocycles. The van der Waals surface area contributed by atoms with E-state index in [1.54, 1.807) is 0 Å². The minimum absolute atomic E-state index is 0.172. The van der Waals surface area contributed by atoms with Crippen molar-refractivity contribution in [1.29, 1.82) is 0 Å². The highest BCUT2D eigenvalue weighted by Crippen LogP contribution is 2.19. The van der Waals surface area contributed by atoms with Crippen molar-refractivity contribution in [2.24, 2.45) is 5.92 Å². The maximum absolute atomic E-state index is 12.0. The first kappa shape index (κ1) is 17.7. The highest BCUT2D eigenvalue weighted by molar-refractivity contribution is 4.86. The van der Waals surface area contributed by atoms with Crippen LogP contribution in [0.25, 0.3) is 0 Å². The summed E-state index contributed by atoms with van der Waals surface area (Å²) in [6.07, 6.45) is -2.46. The Bertz CT molecular complexity index is 274. The standard InChI is InChI=1S/C14H27F3N2O/c1-4-11(2)13-8-18-12(3)9-19(13)6-5-7-20-10-14(15,16)17/h11-13,18H,4-10H2,1-3H3. The van der Waals surface area contributed by atoms with Gasteiger partial charge in [-0.25, -0.2) is 0 Å². The van der Waals surface area contributed by atoms with Gasteiger partial charge in [-0.2, -0.15) is 13.2 Å². The Morgan fingerprint density at radius 3 is 2.70 bits per heavy atom. The second kappa shape index (κ2) is 8.20. The summed E-state index contributed by atoms with van der Waals surface area (Å²) in [7, 11) is 0. The fourth-order valence-electron chi connectivity index (χ4n) is 2.65. The third-order valence-electron chi connectivity index (χ3n) is 3.95. The molecule has 20 heavy (non-hydrogen) atoms. The van der Waals surface area contributed by atoms with Gasteiger partial charge in [0.25, 0.3) is 0 Å². The van der Waals surface area contributed by atoms with Gasteiger partial charge in [0.15, 0.2) is 0 Å². The van der Waals surface area contributed by atoms with Gasteiger partial charge in [-0.05, 0) is 19.3 Å². The normalized spacial score (nSPS) is 26.7. The van der Waals surface area contributed by atoms with Crippen LogP contribution in [0.2, 0.25) is 0 Å². The van der Waals surface area contributed by atoms with Crippen molar-refractivity contribution in [3.8, 4) is 0 Å². The summed E-state index contributed by atoms with van der Waals surface area (Å²) in [6.45, 7) is 8.29. The molecular formula is C14H27F3N2O. The van der Waals surface area contributed by atoms with Crippen LogP contribution >= 0.6 is 0 Å². The number of piperazine rings is 1. The topological polar surface area (TPSA) is 24.5 Å². The van der Waals surface area contributed by atoms with E-state index < -0.39 is 12.8 Å². The van der Waals surface area contributed by atoms with Gasteiger partial charge in [-0.3, -0.25) is 4.90 Å². The third-order valence-corrected chi connectivity index (χ3v) is 3.95. The third kappa shape index (κ3) is 6.41. The fraction of sp³-hybridized carbons (Fsp3) is 1.00. The molecule has 1 aliphatic rings. The highest BCUT2D eigenvalue weighted by Gasteiger charge is 2.29. The van der Waals surface area contributed by atoms with E-state index in [1.165, 1.54) is 0 Å². The largest absolute Gasteiger partial charge is 0.411 e. The number of rotatable bonds is 7. The van der Waals surface area contributed by atoms with E-state index >= 15 is 0 Å². The van der Waals surface area contributed by atoms with Gasteiger partial charge < -0.3 is 10.1 Å². The van der Waals surface area contributed by atoms with Crippen LogP contribution in [0.1, 0.15) is 33.6 Å². The quantitative estimate of drug-likeness (QED) is 0.731. The lowest BCUT2D eigenvalue weighted by Gasteiger charge is -2.42. The molecule has 6 heteroatoms. The Balaban J connectivity index is 2.30. The van der Waals surface area contributed by atoms with Crippen LogP contribution in [-0.4, -0.2) is 56.0 Å². The zero-order valence-corrected chi connectivity index (χ0v) is 12.7. The molecule has 0 saturated carbocycles. The Morgan fingerprint density at radius 1 is 1.40 bits per heavy atom. The van der Waals surface area contributed by atoms with Crippen molar-refractivity contribution in [3.05, 3.63) is 0 Å². The van der Waals surface area contributed by atoms with Crippen molar-refractivity contribution in [1.82, 2.24) is 10.2 Å². The van der Waals surface area contributed by atoms with Gasteiger partial charge >= 0.3 is 6.18 Å². The second-order valence-corrected chi connectivity index (χ2v) is 5.78. The Morgan fingerprint density at radius 2 is 2.10 bits per heavy atom. The molecular weight excluding hydrogens is 269 g/mol. The lowest BCUT2D eigenvalue weighted by molar-refractivity contribution is -0.174. The lowest BCUT2D eigenvalue weighted by Crippen LogP contribution is -2.57. The van der Waals surface area contributed by atoms with E-state index in [4.69, 9.17) is 0 Å². The van der Waals surface area contributed by atoms with Gasteiger partial charge in [-0.15, -0.1) is 0 Å². The average Bonchev–Trinajstić information content (AvgIpc) is 2.36. The number of ether oxygens (including phenoxy) is 1. The molecule has 0 radical (unpaired) electrons. The predicted molar refractivity (Wildman–Crippen MR) is 73.8 cm³/mol. The van der Waals surface area contributed by atoms with E-state index in [9.17, 15) is 13.2 Å². The average molecular weight is 296 g/mol. The zero-order valence-electron chi connectivity index (χ0n) is 12.7. The summed E-state index contributed by atoms with van der Waals surface area (Å²) >= 11 is 0. The number of halogens is 3. The van der Waals surface area contributed by atoms with E-state index in [-0.39, 0.29) is 6.61 Å². The minimum atomic E-state index is -4.22. The predicted octanol–water partition coefficient (Wildman–Crippen LogP) is 2.66. The van der Waals surface area contributed by atoms with E-state index in [2.05, 4.69) is 35.7 Å². The molecule has 0 aromatic heterocycles. The molecule has 1 heterocycles. The first-order valence-corrected chi connectivity index (χ1v) is 7.45. The molecule has 1 N–H and O–H groups in total.